The molecule has 0 aromatic heterocycles. The van der Waals surface area contributed by atoms with Crippen molar-refractivity contribution in [2.45, 2.75) is 37.6 Å². The molecule has 1 aliphatic carbocycles. The molecule has 0 aliphatic heterocycles. The van der Waals surface area contributed by atoms with E-state index in [4.69, 9.17) is 4.74 Å². The summed E-state index contributed by atoms with van der Waals surface area (Å²) in [5, 5.41) is 1.79. The Bertz CT molecular complexity index is 531. The normalized spacial score (nSPS) is 17.0. The van der Waals surface area contributed by atoms with Gasteiger partial charge in [-0.15, -0.1) is 0 Å². The van der Waals surface area contributed by atoms with Crippen molar-refractivity contribution in [3.63, 3.8) is 0 Å². The highest BCUT2D eigenvalue weighted by Crippen LogP contribution is 2.34. The van der Waals surface area contributed by atoms with Crippen molar-refractivity contribution in [2.75, 3.05) is 0 Å². The zero-order chi connectivity index (χ0) is 15.6. The summed E-state index contributed by atoms with van der Waals surface area (Å²) >= 11 is 2.82. The number of halogens is 5. The Morgan fingerprint density at radius 1 is 1.38 bits per heavy atom. The van der Waals surface area contributed by atoms with E-state index in [1.165, 1.54) is 0 Å². The number of hydrogen-bond donors (Lipinski definition) is 1. The van der Waals surface area contributed by atoms with Gasteiger partial charge in [-0.2, -0.15) is 13.2 Å². The molecule has 1 N–H and O–H groups in total. The lowest BCUT2D eigenvalue weighted by Crippen LogP contribution is -2.40. The van der Waals surface area contributed by atoms with Crippen LogP contribution in [0, 0.1) is 5.82 Å². The van der Waals surface area contributed by atoms with Crippen LogP contribution in [0.15, 0.2) is 22.7 Å². The van der Waals surface area contributed by atoms with Crippen molar-refractivity contribution in [2.24, 2.45) is 0 Å². The summed E-state index contributed by atoms with van der Waals surface area (Å²) in [4.78, 5) is 11.5. The van der Waals surface area contributed by atoms with Crippen molar-refractivity contribution in [3.05, 3.63) is 34.1 Å². The molecular formula is C13H12BrF4NO2. The molecule has 8 heteroatoms. The van der Waals surface area contributed by atoms with Crippen LogP contribution in [0.3, 0.4) is 0 Å². The summed E-state index contributed by atoms with van der Waals surface area (Å²) in [5.41, 5.74) is -0.277. The minimum Gasteiger partial charge on any atom is -0.446 e. The quantitative estimate of drug-likeness (QED) is 0.798. The lowest BCUT2D eigenvalue weighted by atomic mass is 9.96. The van der Waals surface area contributed by atoms with Gasteiger partial charge >= 0.3 is 12.3 Å². The van der Waals surface area contributed by atoms with Crippen molar-refractivity contribution in [3.8, 4) is 0 Å². The third kappa shape index (κ3) is 4.09. The van der Waals surface area contributed by atoms with Crippen LogP contribution >= 0.6 is 15.9 Å². The van der Waals surface area contributed by atoms with Gasteiger partial charge in [0.2, 0.25) is 0 Å². The Hall–Kier alpha value is -1.31. The summed E-state index contributed by atoms with van der Waals surface area (Å²) in [6.07, 6.45) is -3.94. The number of ether oxygens (including phenoxy) is 1. The average Bonchev–Trinajstić information content (AvgIpc) is 2.33. The minimum atomic E-state index is -4.71. The predicted octanol–water partition coefficient (Wildman–Crippen LogP) is 4.47. The SMILES string of the molecule is O=C(N[C@@H](c1ccc(F)c(Br)c1)C(F)(F)F)OC1CCC1. The number of amides is 1. The van der Waals surface area contributed by atoms with Crippen LogP contribution in [0.4, 0.5) is 22.4 Å². The first-order valence-corrected chi connectivity index (χ1v) is 7.05. The molecule has 1 saturated carbocycles. The molecule has 0 bridgehead atoms. The third-order valence-electron chi connectivity index (χ3n) is 3.19. The molecule has 1 amide bonds. The van der Waals surface area contributed by atoms with Crippen LogP contribution in [0.25, 0.3) is 0 Å². The largest absolute Gasteiger partial charge is 0.446 e. The number of rotatable bonds is 3. The second-order valence-electron chi connectivity index (χ2n) is 4.75. The standard InChI is InChI=1S/C13H12BrF4NO2/c14-9-6-7(4-5-10(9)15)11(13(16,17)18)19-12(20)21-8-2-1-3-8/h4-6,8,11H,1-3H2,(H,19,20)/t11-/m0/s1. The molecule has 0 unspecified atom stereocenters. The Balaban J connectivity index is 2.13. The molecule has 0 saturated heterocycles. The lowest BCUT2D eigenvalue weighted by molar-refractivity contribution is -0.156. The molecular weight excluding hydrogens is 358 g/mol. The summed E-state index contributed by atoms with van der Waals surface area (Å²) < 4.78 is 57.0. The molecule has 0 radical (unpaired) electrons. The molecule has 2 rings (SSSR count). The van der Waals surface area contributed by atoms with E-state index in [1.807, 2.05) is 0 Å². The van der Waals surface area contributed by atoms with E-state index >= 15 is 0 Å². The minimum absolute atomic E-state index is 0.108. The van der Waals surface area contributed by atoms with Crippen LogP contribution in [0.1, 0.15) is 30.9 Å². The van der Waals surface area contributed by atoms with Gasteiger partial charge < -0.3 is 10.1 Å². The molecule has 1 fully saturated rings. The van der Waals surface area contributed by atoms with Crippen molar-refractivity contribution < 1.29 is 27.1 Å². The molecule has 0 spiro atoms. The van der Waals surface area contributed by atoms with E-state index in [-0.39, 0.29) is 16.1 Å². The molecule has 1 atom stereocenters. The van der Waals surface area contributed by atoms with Crippen LogP contribution in [0.5, 0.6) is 0 Å². The number of nitrogens with one attached hydrogen (secondary N) is 1. The first kappa shape index (κ1) is 16.1. The molecule has 0 heterocycles. The van der Waals surface area contributed by atoms with Crippen LogP contribution in [-0.4, -0.2) is 18.4 Å². The van der Waals surface area contributed by atoms with E-state index in [0.717, 1.165) is 24.6 Å². The predicted molar refractivity (Wildman–Crippen MR) is 70.2 cm³/mol. The zero-order valence-corrected chi connectivity index (χ0v) is 12.3. The molecule has 116 valence electrons. The van der Waals surface area contributed by atoms with Crippen LogP contribution in [-0.2, 0) is 4.74 Å². The zero-order valence-electron chi connectivity index (χ0n) is 10.7. The molecule has 1 aromatic carbocycles. The number of carbonyl (C=O) groups excluding carboxylic acids is 1. The van der Waals surface area contributed by atoms with Crippen molar-refractivity contribution in [1.82, 2.24) is 5.32 Å². The van der Waals surface area contributed by atoms with Gasteiger partial charge in [0.25, 0.3) is 0 Å². The van der Waals surface area contributed by atoms with Crippen molar-refractivity contribution >= 4 is 22.0 Å². The highest BCUT2D eigenvalue weighted by Gasteiger charge is 2.42. The van der Waals surface area contributed by atoms with Gasteiger partial charge in [-0.1, -0.05) is 6.07 Å². The van der Waals surface area contributed by atoms with Crippen molar-refractivity contribution in [1.29, 1.82) is 0 Å². The topological polar surface area (TPSA) is 38.3 Å². The molecule has 1 aliphatic rings. The van der Waals surface area contributed by atoms with Crippen LogP contribution in [0.2, 0.25) is 0 Å². The first-order chi connectivity index (χ1) is 9.77. The monoisotopic (exact) mass is 369 g/mol. The maximum atomic E-state index is 13.1. The molecule has 21 heavy (non-hydrogen) atoms. The summed E-state index contributed by atoms with van der Waals surface area (Å²) in [6, 6.07) is 0.609. The van der Waals surface area contributed by atoms with Gasteiger partial charge in [-0.3, -0.25) is 0 Å². The van der Waals surface area contributed by atoms with Gasteiger partial charge in [0.05, 0.1) is 4.47 Å². The first-order valence-electron chi connectivity index (χ1n) is 6.26. The van der Waals surface area contributed by atoms with E-state index in [0.29, 0.717) is 12.8 Å². The Morgan fingerprint density at radius 3 is 2.52 bits per heavy atom. The number of carbonyl (C=O) groups is 1. The maximum absolute atomic E-state index is 13.1. The van der Waals surface area contributed by atoms with E-state index < -0.39 is 24.1 Å². The van der Waals surface area contributed by atoms with Crippen LogP contribution < -0.4 is 5.32 Å². The smallest absolute Gasteiger partial charge is 0.412 e. The second kappa shape index (κ2) is 6.21. The fraction of sp³-hybridized carbons (Fsp3) is 0.462. The van der Waals surface area contributed by atoms with Gasteiger partial charge in [-0.05, 0) is 52.9 Å². The Morgan fingerprint density at radius 2 is 2.05 bits per heavy atom. The van der Waals surface area contributed by atoms with E-state index in [1.54, 1.807) is 5.32 Å². The number of hydrogen-bond acceptors (Lipinski definition) is 2. The molecule has 3 nitrogen and oxygen atoms in total. The summed E-state index contributed by atoms with van der Waals surface area (Å²) in [6.45, 7) is 0. The number of benzene rings is 1. The van der Waals surface area contributed by atoms with Gasteiger partial charge in [-0.25, -0.2) is 9.18 Å². The second-order valence-corrected chi connectivity index (χ2v) is 5.61. The van der Waals surface area contributed by atoms with E-state index in [9.17, 15) is 22.4 Å². The fourth-order valence-electron chi connectivity index (χ4n) is 1.84. The van der Waals surface area contributed by atoms with E-state index in [2.05, 4.69) is 15.9 Å². The summed E-state index contributed by atoms with van der Waals surface area (Å²) in [7, 11) is 0. The fourth-order valence-corrected chi connectivity index (χ4v) is 2.23. The molecule has 1 aromatic rings. The Labute approximate surface area is 126 Å². The van der Waals surface area contributed by atoms with Gasteiger partial charge in [0.1, 0.15) is 11.9 Å². The highest BCUT2D eigenvalue weighted by molar-refractivity contribution is 9.10. The number of alkyl carbamates (subject to hydrolysis) is 1. The van der Waals surface area contributed by atoms with Gasteiger partial charge in [0.15, 0.2) is 6.04 Å². The third-order valence-corrected chi connectivity index (χ3v) is 3.80. The Kier molecular flexibility index (Phi) is 4.75. The average molecular weight is 370 g/mol. The number of alkyl halides is 3. The van der Waals surface area contributed by atoms with Gasteiger partial charge in [0, 0.05) is 0 Å². The summed E-state index contributed by atoms with van der Waals surface area (Å²) in [5.74, 6) is -0.684. The lowest BCUT2D eigenvalue weighted by Gasteiger charge is -2.27. The highest BCUT2D eigenvalue weighted by atomic mass is 79.9. The maximum Gasteiger partial charge on any atom is 0.412 e.